The predicted octanol–water partition coefficient (Wildman–Crippen LogP) is 1.74. The van der Waals surface area contributed by atoms with Gasteiger partial charge in [-0.1, -0.05) is 19.1 Å². The van der Waals surface area contributed by atoms with Crippen molar-refractivity contribution in [2.75, 3.05) is 0 Å². The molecule has 0 radical (unpaired) electrons. The van der Waals surface area contributed by atoms with Gasteiger partial charge in [0.05, 0.1) is 17.1 Å². The van der Waals surface area contributed by atoms with Crippen LogP contribution in [0.15, 0.2) is 41.7 Å². The van der Waals surface area contributed by atoms with Crippen LogP contribution in [0.1, 0.15) is 23.7 Å². The van der Waals surface area contributed by atoms with Crippen molar-refractivity contribution >= 4 is 10.0 Å². The molecule has 0 atom stereocenters. The normalized spacial score (nSPS) is 15.2. The van der Waals surface area contributed by atoms with Gasteiger partial charge in [-0.05, 0) is 24.1 Å². The van der Waals surface area contributed by atoms with E-state index in [1.54, 1.807) is 18.3 Å². The van der Waals surface area contributed by atoms with Gasteiger partial charge in [0.2, 0.25) is 10.0 Å². The van der Waals surface area contributed by atoms with Gasteiger partial charge >= 0.3 is 0 Å². The summed E-state index contributed by atoms with van der Waals surface area (Å²) in [5, 5.41) is 0. The van der Waals surface area contributed by atoms with E-state index in [0.29, 0.717) is 18.0 Å². The molecular formula is C14H15N3O2S. The lowest BCUT2D eigenvalue weighted by atomic mass is 10.2. The highest BCUT2D eigenvalue weighted by atomic mass is 32.2. The maximum atomic E-state index is 12.6. The smallest absolute Gasteiger partial charge is 0.243 e. The van der Waals surface area contributed by atoms with E-state index in [-0.39, 0.29) is 0 Å². The summed E-state index contributed by atoms with van der Waals surface area (Å²) in [4.78, 5) is 8.39. The molecule has 1 aliphatic rings. The monoisotopic (exact) mass is 289 g/mol. The highest BCUT2D eigenvalue weighted by Crippen LogP contribution is 2.26. The Balaban J connectivity index is 1.90. The summed E-state index contributed by atoms with van der Waals surface area (Å²) in [7, 11) is -3.47. The molecule has 0 aliphatic carbocycles. The largest absolute Gasteiger partial charge is 0.244 e. The molecule has 3 rings (SSSR count). The fraction of sp³-hybridized carbons (Fsp3) is 0.286. The number of hydrogen-bond acceptors (Lipinski definition) is 4. The SMILES string of the molecule is CCc1ccc(S(=O)(=O)N2Cc3cncnc3C2)cc1. The van der Waals surface area contributed by atoms with Crippen molar-refractivity contribution in [3.8, 4) is 0 Å². The molecule has 6 heteroatoms. The van der Waals surface area contributed by atoms with Crippen LogP contribution >= 0.6 is 0 Å². The van der Waals surface area contributed by atoms with Gasteiger partial charge in [-0.3, -0.25) is 0 Å². The van der Waals surface area contributed by atoms with Crippen molar-refractivity contribution in [2.45, 2.75) is 31.3 Å². The number of benzene rings is 1. The molecule has 0 amide bonds. The van der Waals surface area contributed by atoms with Gasteiger partial charge < -0.3 is 0 Å². The summed E-state index contributed by atoms with van der Waals surface area (Å²) in [5.74, 6) is 0. The molecular weight excluding hydrogens is 274 g/mol. The first-order valence-electron chi connectivity index (χ1n) is 6.48. The van der Waals surface area contributed by atoms with Crippen molar-refractivity contribution in [1.29, 1.82) is 0 Å². The lowest BCUT2D eigenvalue weighted by Gasteiger charge is -2.15. The third-order valence-electron chi connectivity index (χ3n) is 3.52. The molecule has 0 spiro atoms. The Morgan fingerprint density at radius 1 is 1.20 bits per heavy atom. The van der Waals surface area contributed by atoms with E-state index in [2.05, 4.69) is 9.97 Å². The topological polar surface area (TPSA) is 63.2 Å². The van der Waals surface area contributed by atoms with Gasteiger partial charge in [0.15, 0.2) is 0 Å². The Bertz CT molecular complexity index is 701. The molecule has 1 aromatic heterocycles. The molecule has 5 nitrogen and oxygen atoms in total. The van der Waals surface area contributed by atoms with Crippen molar-refractivity contribution in [1.82, 2.24) is 14.3 Å². The molecule has 0 unspecified atom stereocenters. The van der Waals surface area contributed by atoms with E-state index >= 15 is 0 Å². The summed E-state index contributed by atoms with van der Waals surface area (Å²) < 4.78 is 26.6. The summed E-state index contributed by atoms with van der Waals surface area (Å²) in [6.07, 6.45) is 4.02. The fourth-order valence-electron chi connectivity index (χ4n) is 2.29. The van der Waals surface area contributed by atoms with Gasteiger partial charge in [-0.15, -0.1) is 0 Å². The maximum Gasteiger partial charge on any atom is 0.243 e. The summed E-state index contributed by atoms with van der Waals surface area (Å²) in [6.45, 7) is 2.70. The first-order valence-corrected chi connectivity index (χ1v) is 7.92. The lowest BCUT2D eigenvalue weighted by Crippen LogP contribution is -2.25. The van der Waals surface area contributed by atoms with Crippen LogP contribution in [-0.2, 0) is 29.5 Å². The van der Waals surface area contributed by atoms with Gasteiger partial charge in [0.1, 0.15) is 6.33 Å². The minimum Gasteiger partial charge on any atom is -0.244 e. The second-order valence-electron chi connectivity index (χ2n) is 4.77. The van der Waals surface area contributed by atoms with Gasteiger partial charge in [0.25, 0.3) is 0 Å². The van der Waals surface area contributed by atoms with E-state index < -0.39 is 10.0 Å². The molecule has 0 saturated heterocycles. The predicted molar refractivity (Wildman–Crippen MR) is 74.3 cm³/mol. The average Bonchev–Trinajstić information content (AvgIpc) is 2.92. The van der Waals surface area contributed by atoms with Crippen LogP contribution in [0.2, 0.25) is 0 Å². The fourth-order valence-corrected chi connectivity index (χ4v) is 3.67. The highest BCUT2D eigenvalue weighted by molar-refractivity contribution is 7.89. The molecule has 0 N–H and O–H groups in total. The lowest BCUT2D eigenvalue weighted by molar-refractivity contribution is 0.429. The quantitative estimate of drug-likeness (QED) is 0.863. The molecule has 2 heterocycles. The number of sulfonamides is 1. The zero-order valence-electron chi connectivity index (χ0n) is 11.2. The van der Waals surface area contributed by atoms with Gasteiger partial charge in [-0.2, -0.15) is 4.31 Å². The van der Waals surface area contributed by atoms with E-state index in [1.165, 1.54) is 10.6 Å². The Hall–Kier alpha value is -1.79. The molecule has 104 valence electrons. The zero-order chi connectivity index (χ0) is 14.2. The third-order valence-corrected chi connectivity index (χ3v) is 5.33. The summed E-state index contributed by atoms with van der Waals surface area (Å²) in [5.41, 5.74) is 2.79. The highest BCUT2D eigenvalue weighted by Gasteiger charge is 2.31. The molecule has 20 heavy (non-hydrogen) atoms. The van der Waals surface area contributed by atoms with Crippen molar-refractivity contribution in [3.63, 3.8) is 0 Å². The summed E-state index contributed by atoms with van der Waals surface area (Å²) in [6, 6.07) is 7.05. The van der Waals surface area contributed by atoms with Crippen LogP contribution in [0.25, 0.3) is 0 Å². The molecule has 1 aromatic carbocycles. The molecule has 0 bridgehead atoms. The van der Waals surface area contributed by atoms with Crippen LogP contribution in [0, 0.1) is 0 Å². The summed E-state index contributed by atoms with van der Waals surface area (Å²) >= 11 is 0. The first kappa shape index (κ1) is 13.2. The number of nitrogens with zero attached hydrogens (tertiary/aromatic N) is 3. The van der Waals surface area contributed by atoms with Gasteiger partial charge in [0, 0.05) is 18.3 Å². The molecule has 1 aliphatic heterocycles. The minimum atomic E-state index is -3.47. The number of fused-ring (bicyclic) bond motifs is 1. The van der Waals surface area contributed by atoms with Crippen molar-refractivity contribution in [2.24, 2.45) is 0 Å². The first-order chi connectivity index (χ1) is 9.61. The van der Waals surface area contributed by atoms with Crippen LogP contribution in [0.4, 0.5) is 0 Å². The van der Waals surface area contributed by atoms with Crippen LogP contribution in [-0.4, -0.2) is 22.7 Å². The van der Waals surface area contributed by atoms with E-state index in [4.69, 9.17) is 0 Å². The number of hydrogen-bond donors (Lipinski definition) is 0. The minimum absolute atomic E-state index is 0.315. The van der Waals surface area contributed by atoms with Gasteiger partial charge in [-0.25, -0.2) is 18.4 Å². The maximum absolute atomic E-state index is 12.6. The standard InChI is InChI=1S/C14H15N3O2S/c1-2-11-3-5-13(6-4-11)20(18,19)17-8-12-7-15-10-16-14(12)9-17/h3-7,10H,2,8-9H2,1H3. The molecule has 2 aromatic rings. The average molecular weight is 289 g/mol. The van der Waals surface area contributed by atoms with Crippen molar-refractivity contribution < 1.29 is 8.42 Å². The Kier molecular flexibility index (Phi) is 3.27. The number of aryl methyl sites for hydroxylation is 1. The Labute approximate surface area is 118 Å². The molecule has 0 saturated carbocycles. The van der Waals surface area contributed by atoms with Crippen LogP contribution in [0.5, 0.6) is 0 Å². The zero-order valence-corrected chi connectivity index (χ0v) is 12.0. The second-order valence-corrected chi connectivity index (χ2v) is 6.70. The second kappa shape index (κ2) is 4.96. The van der Waals surface area contributed by atoms with Crippen LogP contribution < -0.4 is 0 Å². The Morgan fingerprint density at radius 2 is 1.95 bits per heavy atom. The number of aromatic nitrogens is 2. The molecule has 0 fully saturated rings. The third kappa shape index (κ3) is 2.21. The van der Waals surface area contributed by atoms with E-state index in [9.17, 15) is 8.42 Å². The van der Waals surface area contributed by atoms with Crippen molar-refractivity contribution in [3.05, 3.63) is 53.6 Å². The van der Waals surface area contributed by atoms with E-state index in [1.807, 2.05) is 19.1 Å². The Morgan fingerprint density at radius 3 is 2.60 bits per heavy atom. The van der Waals surface area contributed by atoms with Crippen LogP contribution in [0.3, 0.4) is 0 Å². The number of rotatable bonds is 3. The van der Waals surface area contributed by atoms with E-state index in [0.717, 1.165) is 23.2 Å².